The van der Waals surface area contributed by atoms with E-state index in [1.54, 1.807) is 0 Å². The summed E-state index contributed by atoms with van der Waals surface area (Å²) < 4.78 is 8.79. The highest BCUT2D eigenvalue weighted by Crippen LogP contribution is 2.42. The molecule has 0 aliphatic heterocycles. The number of anilines is 1. The average Bonchev–Trinajstić information content (AvgIpc) is 3.58. The van der Waals surface area contributed by atoms with Gasteiger partial charge < -0.3 is 19.5 Å². The standard InChI is InChI=1S/C32H21N3O/c33-26-11-4-5-12-27(26)34-28-18-35-30-21(9-6-10-24(28)30)22-14-15-23-25-17-20(19-7-2-1-3-8-19)13-16-29(25)36-32(23)31(22)35/h1-18,27,33-34H. The lowest BCUT2D eigenvalue weighted by Crippen LogP contribution is -2.26. The highest BCUT2D eigenvalue weighted by atomic mass is 16.3. The van der Waals surface area contributed by atoms with E-state index >= 15 is 0 Å². The van der Waals surface area contributed by atoms with Crippen LogP contribution in [0.3, 0.4) is 0 Å². The van der Waals surface area contributed by atoms with Crippen LogP contribution in [0.4, 0.5) is 5.69 Å². The van der Waals surface area contributed by atoms with Crippen molar-refractivity contribution in [2.24, 2.45) is 0 Å². The summed E-state index contributed by atoms with van der Waals surface area (Å²) in [6.45, 7) is 0. The molecule has 7 aromatic rings. The highest BCUT2D eigenvalue weighted by Gasteiger charge is 2.22. The topological polar surface area (TPSA) is 53.4 Å². The van der Waals surface area contributed by atoms with Crippen molar-refractivity contribution in [2.45, 2.75) is 6.04 Å². The van der Waals surface area contributed by atoms with Gasteiger partial charge in [0.05, 0.1) is 28.5 Å². The number of nitrogens with one attached hydrogen (secondary N) is 2. The number of nitrogens with zero attached hydrogens (tertiary/aromatic N) is 1. The molecule has 4 aromatic carbocycles. The van der Waals surface area contributed by atoms with Crippen LogP contribution >= 0.6 is 0 Å². The van der Waals surface area contributed by atoms with Crippen LogP contribution in [0.2, 0.25) is 0 Å². The number of rotatable bonds is 3. The largest absolute Gasteiger partial charge is 0.454 e. The summed E-state index contributed by atoms with van der Waals surface area (Å²) in [5, 5.41) is 17.7. The first-order chi connectivity index (χ1) is 17.8. The minimum atomic E-state index is -0.144. The van der Waals surface area contributed by atoms with E-state index < -0.39 is 0 Å². The maximum absolute atomic E-state index is 8.31. The van der Waals surface area contributed by atoms with E-state index in [0.29, 0.717) is 5.71 Å². The minimum Gasteiger partial charge on any atom is -0.454 e. The molecule has 2 N–H and O–H groups in total. The van der Waals surface area contributed by atoms with Gasteiger partial charge >= 0.3 is 0 Å². The lowest BCUT2D eigenvalue weighted by molar-refractivity contribution is 0.671. The molecule has 1 aliphatic carbocycles. The first-order valence-electron chi connectivity index (χ1n) is 12.2. The SMILES string of the molecule is N=C1C=CC=CC1Nc1cn2c3c1cccc3c1ccc3c4cc(-c5ccccc5)ccc4oc3c12. The van der Waals surface area contributed by atoms with Crippen molar-refractivity contribution < 1.29 is 4.42 Å². The predicted octanol–water partition coefficient (Wildman–Crippen LogP) is 8.18. The van der Waals surface area contributed by atoms with Gasteiger partial charge in [0.15, 0.2) is 5.58 Å². The Morgan fingerprint density at radius 2 is 1.56 bits per heavy atom. The molecule has 1 unspecified atom stereocenters. The van der Waals surface area contributed by atoms with Crippen LogP contribution in [0, 0.1) is 5.41 Å². The Morgan fingerprint density at radius 1 is 0.722 bits per heavy atom. The van der Waals surface area contributed by atoms with Crippen LogP contribution in [0.1, 0.15) is 0 Å². The molecule has 0 saturated carbocycles. The monoisotopic (exact) mass is 463 g/mol. The second-order valence-electron chi connectivity index (χ2n) is 9.45. The third-order valence-corrected chi connectivity index (χ3v) is 7.41. The van der Waals surface area contributed by atoms with Crippen molar-refractivity contribution in [1.29, 1.82) is 5.41 Å². The molecule has 0 bridgehead atoms. The number of fused-ring (bicyclic) bond motifs is 7. The lowest BCUT2D eigenvalue weighted by atomic mass is 10.0. The summed E-state index contributed by atoms with van der Waals surface area (Å²) in [5.74, 6) is 0. The van der Waals surface area contributed by atoms with Crippen LogP contribution < -0.4 is 5.32 Å². The fourth-order valence-corrected chi connectivity index (χ4v) is 5.72. The van der Waals surface area contributed by atoms with Crippen LogP contribution in [0.5, 0.6) is 0 Å². The molecule has 170 valence electrons. The summed E-state index contributed by atoms with van der Waals surface area (Å²) in [7, 11) is 0. The molecule has 4 heteroatoms. The number of hydrogen-bond donors (Lipinski definition) is 2. The summed E-state index contributed by atoms with van der Waals surface area (Å²) in [6, 6.07) is 27.6. The molecule has 0 spiro atoms. The highest BCUT2D eigenvalue weighted by molar-refractivity contribution is 6.24. The van der Waals surface area contributed by atoms with Gasteiger partial charge in [-0.05, 0) is 35.4 Å². The maximum Gasteiger partial charge on any atom is 0.160 e. The number of para-hydroxylation sites is 1. The second kappa shape index (κ2) is 7.09. The average molecular weight is 464 g/mol. The Morgan fingerprint density at radius 3 is 2.44 bits per heavy atom. The molecular formula is C32H21N3O. The summed E-state index contributed by atoms with van der Waals surface area (Å²) >= 11 is 0. The van der Waals surface area contributed by atoms with E-state index in [1.807, 2.05) is 30.4 Å². The van der Waals surface area contributed by atoms with Crippen LogP contribution in [0.15, 0.2) is 114 Å². The van der Waals surface area contributed by atoms with Gasteiger partial charge in [0, 0.05) is 33.1 Å². The zero-order valence-corrected chi connectivity index (χ0v) is 19.3. The van der Waals surface area contributed by atoms with Crippen LogP contribution in [-0.2, 0) is 0 Å². The number of benzene rings is 4. The molecular weight excluding hydrogens is 442 g/mol. The van der Waals surface area contributed by atoms with Crippen LogP contribution in [0.25, 0.3) is 60.3 Å². The molecule has 4 nitrogen and oxygen atoms in total. The third kappa shape index (κ3) is 2.61. The third-order valence-electron chi connectivity index (χ3n) is 7.41. The Kier molecular flexibility index (Phi) is 3.84. The number of hydrogen-bond acceptors (Lipinski definition) is 3. The van der Waals surface area contributed by atoms with E-state index in [4.69, 9.17) is 9.83 Å². The molecule has 8 rings (SSSR count). The first-order valence-corrected chi connectivity index (χ1v) is 12.2. The van der Waals surface area contributed by atoms with Gasteiger partial charge in [-0.15, -0.1) is 0 Å². The molecule has 0 fully saturated rings. The van der Waals surface area contributed by atoms with E-state index in [2.05, 4.69) is 88.7 Å². The van der Waals surface area contributed by atoms with Gasteiger partial charge in [0.25, 0.3) is 0 Å². The zero-order valence-electron chi connectivity index (χ0n) is 19.3. The minimum absolute atomic E-state index is 0.144. The van der Waals surface area contributed by atoms with Gasteiger partial charge in [0.2, 0.25) is 0 Å². The van der Waals surface area contributed by atoms with Gasteiger partial charge in [-0.3, -0.25) is 0 Å². The molecule has 0 amide bonds. The fraction of sp³-hybridized carbons (Fsp3) is 0.0312. The predicted molar refractivity (Wildman–Crippen MR) is 150 cm³/mol. The Bertz CT molecular complexity index is 2040. The first kappa shape index (κ1) is 19.5. The molecule has 3 heterocycles. The molecule has 3 aromatic heterocycles. The van der Waals surface area contributed by atoms with E-state index in [0.717, 1.165) is 38.5 Å². The van der Waals surface area contributed by atoms with Gasteiger partial charge in [-0.25, -0.2) is 0 Å². The quantitative estimate of drug-likeness (QED) is 0.278. The Labute approximate surface area is 206 Å². The smallest absolute Gasteiger partial charge is 0.160 e. The van der Waals surface area contributed by atoms with Gasteiger partial charge in [-0.1, -0.05) is 78.9 Å². The summed E-state index contributed by atoms with van der Waals surface area (Å²) in [6.07, 6.45) is 9.91. The molecule has 36 heavy (non-hydrogen) atoms. The van der Waals surface area contributed by atoms with Crippen molar-refractivity contribution in [3.8, 4) is 11.1 Å². The van der Waals surface area contributed by atoms with E-state index in [9.17, 15) is 0 Å². The summed E-state index contributed by atoms with van der Waals surface area (Å²) in [4.78, 5) is 0. The summed E-state index contributed by atoms with van der Waals surface area (Å²) in [5.41, 5.74) is 8.01. The number of aromatic nitrogens is 1. The molecule has 1 aliphatic rings. The number of allylic oxidation sites excluding steroid dienone is 2. The van der Waals surface area contributed by atoms with E-state index in [1.165, 1.54) is 27.4 Å². The van der Waals surface area contributed by atoms with E-state index in [-0.39, 0.29) is 6.04 Å². The lowest BCUT2D eigenvalue weighted by Gasteiger charge is -2.16. The number of furan rings is 1. The van der Waals surface area contributed by atoms with Gasteiger partial charge in [0.1, 0.15) is 5.58 Å². The van der Waals surface area contributed by atoms with Crippen LogP contribution in [-0.4, -0.2) is 16.2 Å². The van der Waals surface area contributed by atoms with Crippen molar-refractivity contribution in [1.82, 2.24) is 4.40 Å². The fourth-order valence-electron chi connectivity index (χ4n) is 5.72. The normalized spacial score (nSPS) is 15.9. The molecule has 0 radical (unpaired) electrons. The van der Waals surface area contributed by atoms with Crippen molar-refractivity contribution in [2.75, 3.05) is 5.32 Å². The van der Waals surface area contributed by atoms with Crippen molar-refractivity contribution in [3.63, 3.8) is 0 Å². The zero-order chi connectivity index (χ0) is 23.8. The second-order valence-corrected chi connectivity index (χ2v) is 9.45. The molecule has 1 atom stereocenters. The maximum atomic E-state index is 8.31. The van der Waals surface area contributed by atoms with Crippen molar-refractivity contribution >= 4 is 60.5 Å². The Balaban J connectivity index is 1.39. The Hall–Kier alpha value is -4.83. The van der Waals surface area contributed by atoms with Gasteiger partial charge in [-0.2, -0.15) is 0 Å². The molecule has 0 saturated heterocycles. The van der Waals surface area contributed by atoms with Crippen molar-refractivity contribution in [3.05, 3.63) is 109 Å².